The van der Waals surface area contributed by atoms with Crippen LogP contribution in [0.25, 0.3) is 0 Å². The molecule has 0 spiro atoms. The van der Waals surface area contributed by atoms with Crippen LogP contribution in [0.3, 0.4) is 0 Å². The number of carbonyl (C=O) groups is 1. The highest BCUT2D eigenvalue weighted by molar-refractivity contribution is 5.67. The lowest BCUT2D eigenvalue weighted by Crippen LogP contribution is -2.35. The van der Waals surface area contributed by atoms with Crippen LogP contribution in [0.2, 0.25) is 0 Å². The number of ether oxygens (including phenoxy) is 1. The number of hydroxylamine groups is 1. The second-order valence-electron chi connectivity index (χ2n) is 7.48. The Balaban J connectivity index is 4.56. The minimum Gasteiger partial charge on any atom is -0.444 e. The number of rotatable bonds is 7. The first-order valence-electron chi connectivity index (χ1n) is 7.90. The zero-order chi connectivity index (χ0) is 17.6. The molecule has 0 heterocycles. The molecule has 5 heteroatoms. The van der Waals surface area contributed by atoms with Gasteiger partial charge in [0, 0.05) is 19.0 Å². The number of alkyl carbamates (subject to hydrolysis) is 1. The monoisotopic (exact) mass is 314 g/mol. The van der Waals surface area contributed by atoms with Crippen LogP contribution < -0.4 is 10.8 Å². The molecule has 22 heavy (non-hydrogen) atoms. The van der Waals surface area contributed by atoms with E-state index in [9.17, 15) is 4.79 Å². The number of carbonyl (C=O) groups excluding carboxylic acids is 1. The SMILES string of the molecule is CNOC(=C(C)C)C(C)(C)[C@H](C)CCNC(=O)OC(C)(C)C. The Morgan fingerprint density at radius 3 is 2.09 bits per heavy atom. The molecule has 0 fully saturated rings. The van der Waals surface area contributed by atoms with Crippen molar-refractivity contribution >= 4 is 6.09 Å². The second-order valence-corrected chi connectivity index (χ2v) is 7.48. The van der Waals surface area contributed by atoms with Crippen LogP contribution in [0.5, 0.6) is 0 Å². The normalized spacial score (nSPS) is 13.3. The predicted molar refractivity (Wildman–Crippen MR) is 90.3 cm³/mol. The van der Waals surface area contributed by atoms with Gasteiger partial charge >= 0.3 is 6.09 Å². The summed E-state index contributed by atoms with van der Waals surface area (Å²) in [6.45, 7) is 16.7. The van der Waals surface area contributed by atoms with Crippen molar-refractivity contribution in [1.29, 1.82) is 0 Å². The lowest BCUT2D eigenvalue weighted by molar-refractivity contribution is 0.0460. The Morgan fingerprint density at radius 2 is 1.68 bits per heavy atom. The summed E-state index contributed by atoms with van der Waals surface area (Å²) in [6, 6.07) is 0. The maximum Gasteiger partial charge on any atom is 0.407 e. The first-order chi connectivity index (χ1) is 9.91. The highest BCUT2D eigenvalue weighted by Crippen LogP contribution is 2.38. The van der Waals surface area contributed by atoms with Gasteiger partial charge in [0.25, 0.3) is 0 Å². The van der Waals surface area contributed by atoms with Gasteiger partial charge in [-0.3, -0.25) is 0 Å². The lowest BCUT2D eigenvalue weighted by atomic mass is 9.75. The van der Waals surface area contributed by atoms with Crippen LogP contribution in [0, 0.1) is 11.3 Å². The van der Waals surface area contributed by atoms with Crippen LogP contribution in [-0.4, -0.2) is 25.3 Å². The van der Waals surface area contributed by atoms with E-state index in [1.165, 1.54) is 0 Å². The second kappa shape index (κ2) is 8.42. The minimum atomic E-state index is -0.467. The van der Waals surface area contributed by atoms with Crippen molar-refractivity contribution in [2.45, 2.75) is 67.4 Å². The van der Waals surface area contributed by atoms with Gasteiger partial charge in [0.2, 0.25) is 0 Å². The third-order valence-corrected chi connectivity index (χ3v) is 3.72. The van der Waals surface area contributed by atoms with Gasteiger partial charge in [0.1, 0.15) is 11.4 Å². The van der Waals surface area contributed by atoms with E-state index in [-0.39, 0.29) is 11.5 Å². The maximum absolute atomic E-state index is 11.7. The van der Waals surface area contributed by atoms with Crippen molar-refractivity contribution < 1.29 is 14.4 Å². The van der Waals surface area contributed by atoms with Crippen LogP contribution in [0.1, 0.15) is 61.8 Å². The van der Waals surface area contributed by atoms with Gasteiger partial charge in [-0.2, -0.15) is 5.48 Å². The third kappa shape index (κ3) is 7.16. The number of allylic oxidation sites excluding steroid dienone is 2. The molecule has 0 saturated carbocycles. The zero-order valence-electron chi connectivity index (χ0n) is 15.7. The van der Waals surface area contributed by atoms with E-state index in [2.05, 4.69) is 31.6 Å². The summed E-state index contributed by atoms with van der Waals surface area (Å²) in [5.41, 5.74) is 3.31. The standard InChI is InChI=1S/C17H34N2O3/c1-12(2)14(22-18-9)17(7,8)13(3)10-11-19-15(20)21-16(4,5)6/h13,18H,10-11H2,1-9H3,(H,19,20)/t13-/m1/s1. The summed E-state index contributed by atoms with van der Waals surface area (Å²) < 4.78 is 5.24. The Bertz CT molecular complexity index is 391. The van der Waals surface area contributed by atoms with E-state index >= 15 is 0 Å². The molecule has 0 radical (unpaired) electrons. The van der Waals surface area contributed by atoms with Crippen molar-refractivity contribution in [3.8, 4) is 0 Å². The molecule has 0 saturated heterocycles. The van der Waals surface area contributed by atoms with Crippen molar-refractivity contribution in [3.63, 3.8) is 0 Å². The molecular weight excluding hydrogens is 280 g/mol. The molecule has 0 aromatic carbocycles. The zero-order valence-corrected chi connectivity index (χ0v) is 15.7. The van der Waals surface area contributed by atoms with Gasteiger partial charge in [-0.15, -0.1) is 0 Å². The Kier molecular flexibility index (Phi) is 7.94. The van der Waals surface area contributed by atoms with Crippen LogP contribution in [0.15, 0.2) is 11.3 Å². The number of hydrogen-bond donors (Lipinski definition) is 2. The van der Waals surface area contributed by atoms with E-state index in [1.807, 2.05) is 34.6 Å². The van der Waals surface area contributed by atoms with Crippen molar-refractivity contribution in [2.75, 3.05) is 13.6 Å². The molecule has 5 nitrogen and oxygen atoms in total. The largest absolute Gasteiger partial charge is 0.444 e. The van der Waals surface area contributed by atoms with Crippen molar-refractivity contribution in [1.82, 2.24) is 10.8 Å². The molecule has 2 N–H and O–H groups in total. The van der Waals surface area contributed by atoms with E-state index in [1.54, 1.807) is 7.05 Å². The summed E-state index contributed by atoms with van der Waals surface area (Å²) in [6.07, 6.45) is 0.474. The summed E-state index contributed by atoms with van der Waals surface area (Å²) in [4.78, 5) is 17.3. The fraction of sp³-hybridized carbons (Fsp3) is 0.824. The Hall–Kier alpha value is -1.23. The first kappa shape index (κ1) is 20.8. The fourth-order valence-corrected chi connectivity index (χ4v) is 2.27. The smallest absolute Gasteiger partial charge is 0.407 e. The van der Waals surface area contributed by atoms with Crippen LogP contribution in [0.4, 0.5) is 4.79 Å². The first-order valence-corrected chi connectivity index (χ1v) is 7.90. The summed E-state index contributed by atoms with van der Waals surface area (Å²) in [5, 5.41) is 2.81. The lowest BCUT2D eigenvalue weighted by Gasteiger charge is -2.34. The van der Waals surface area contributed by atoms with E-state index in [0.717, 1.165) is 17.8 Å². The minimum absolute atomic E-state index is 0.128. The predicted octanol–water partition coefficient (Wildman–Crippen LogP) is 4.01. The van der Waals surface area contributed by atoms with Gasteiger partial charge in [0.05, 0.1) is 0 Å². The fourth-order valence-electron chi connectivity index (χ4n) is 2.27. The van der Waals surface area contributed by atoms with Gasteiger partial charge in [-0.1, -0.05) is 20.8 Å². The molecule has 0 bridgehead atoms. The molecule has 130 valence electrons. The summed E-state index contributed by atoms with van der Waals surface area (Å²) in [7, 11) is 1.76. The van der Waals surface area contributed by atoms with Gasteiger partial charge in [-0.05, 0) is 52.5 Å². The van der Waals surface area contributed by atoms with Gasteiger partial charge in [-0.25, -0.2) is 4.79 Å². The van der Waals surface area contributed by atoms with Crippen LogP contribution in [-0.2, 0) is 9.57 Å². The van der Waals surface area contributed by atoms with Crippen LogP contribution >= 0.6 is 0 Å². The quantitative estimate of drug-likeness (QED) is 0.550. The molecule has 0 aromatic heterocycles. The third-order valence-electron chi connectivity index (χ3n) is 3.72. The summed E-state index contributed by atoms with van der Waals surface area (Å²) >= 11 is 0. The molecular formula is C17H34N2O3. The molecule has 0 aromatic rings. The Morgan fingerprint density at radius 1 is 1.14 bits per heavy atom. The number of nitrogens with one attached hydrogen (secondary N) is 2. The Labute approximate surface area is 135 Å². The molecule has 1 atom stereocenters. The van der Waals surface area contributed by atoms with Crippen molar-refractivity contribution in [2.24, 2.45) is 11.3 Å². The topological polar surface area (TPSA) is 59.6 Å². The molecule has 0 aliphatic rings. The molecule has 0 aliphatic carbocycles. The number of amides is 1. The maximum atomic E-state index is 11.7. The van der Waals surface area contributed by atoms with Crippen molar-refractivity contribution in [3.05, 3.63) is 11.3 Å². The van der Waals surface area contributed by atoms with Gasteiger partial charge < -0.3 is 14.9 Å². The molecule has 1 amide bonds. The highest BCUT2D eigenvalue weighted by Gasteiger charge is 2.33. The van der Waals surface area contributed by atoms with E-state index in [4.69, 9.17) is 9.57 Å². The molecule has 0 aliphatic heterocycles. The summed E-state index contributed by atoms with van der Waals surface area (Å²) in [5.74, 6) is 1.28. The average molecular weight is 314 g/mol. The average Bonchev–Trinajstić information content (AvgIpc) is 2.32. The number of hydrogen-bond acceptors (Lipinski definition) is 4. The molecule has 0 rings (SSSR count). The highest BCUT2D eigenvalue weighted by atomic mass is 16.6. The van der Waals surface area contributed by atoms with E-state index < -0.39 is 5.60 Å². The van der Waals surface area contributed by atoms with E-state index in [0.29, 0.717) is 12.5 Å². The van der Waals surface area contributed by atoms with Gasteiger partial charge in [0.15, 0.2) is 0 Å². The molecule has 0 unspecified atom stereocenters.